The number of hydrogen-bond acceptors (Lipinski definition) is 4. The molecule has 33 heavy (non-hydrogen) atoms. The molecule has 2 amide bonds. The monoisotopic (exact) mass is 450 g/mol. The van der Waals surface area contributed by atoms with E-state index in [2.05, 4.69) is 4.98 Å². The fourth-order valence-corrected chi connectivity index (χ4v) is 4.27. The first kappa shape index (κ1) is 21.1. The fraction of sp³-hybridized carbons (Fsp3) is 0.333. The number of piperazine rings is 1. The van der Waals surface area contributed by atoms with Crippen LogP contribution in [0.15, 0.2) is 52.1 Å². The molecule has 0 spiro atoms. The lowest BCUT2D eigenvalue weighted by molar-refractivity contribution is -0.135. The van der Waals surface area contributed by atoms with Crippen molar-refractivity contribution >= 4 is 22.7 Å². The first-order valence-electron chi connectivity index (χ1n) is 11.0. The number of nitrogens with zero attached hydrogens (tertiary/aromatic N) is 3. The van der Waals surface area contributed by atoms with Gasteiger partial charge in [0, 0.05) is 19.6 Å². The highest BCUT2D eigenvalue weighted by Crippen LogP contribution is 2.30. The molecular weight excluding hydrogens is 427 g/mol. The van der Waals surface area contributed by atoms with E-state index in [-0.39, 0.29) is 24.6 Å². The number of H-pyrrole nitrogens is 1. The van der Waals surface area contributed by atoms with Crippen LogP contribution in [0.5, 0.6) is 0 Å². The molecule has 1 N–H and O–H groups in total. The van der Waals surface area contributed by atoms with Crippen molar-refractivity contribution in [1.82, 2.24) is 19.4 Å². The molecule has 0 unspecified atom stereocenters. The van der Waals surface area contributed by atoms with Gasteiger partial charge in [-0.1, -0.05) is 18.2 Å². The Morgan fingerprint density at radius 1 is 1.06 bits per heavy atom. The molecule has 0 bridgehead atoms. The highest BCUT2D eigenvalue weighted by molar-refractivity contribution is 5.97. The Labute approximate surface area is 188 Å². The third kappa shape index (κ3) is 4.18. The molecule has 170 valence electrons. The van der Waals surface area contributed by atoms with Gasteiger partial charge in [0.25, 0.3) is 11.5 Å². The van der Waals surface area contributed by atoms with E-state index in [1.165, 1.54) is 27.7 Å². The van der Waals surface area contributed by atoms with Gasteiger partial charge in [0.05, 0.1) is 23.0 Å². The van der Waals surface area contributed by atoms with E-state index in [0.717, 1.165) is 19.4 Å². The van der Waals surface area contributed by atoms with E-state index in [1.807, 2.05) is 0 Å². The van der Waals surface area contributed by atoms with E-state index in [4.69, 9.17) is 0 Å². The van der Waals surface area contributed by atoms with Gasteiger partial charge in [-0.25, -0.2) is 9.18 Å². The number of amides is 2. The SMILES string of the molecule is O=C1CN(C(=O)c2cc(Cn3c(=O)[nH]c(=O)c4ccccc43)ccc2F)CCN1CC1CC1. The summed E-state index contributed by atoms with van der Waals surface area (Å²) in [4.78, 5) is 55.5. The maximum absolute atomic E-state index is 14.6. The van der Waals surface area contributed by atoms with Crippen molar-refractivity contribution in [3.63, 3.8) is 0 Å². The topological polar surface area (TPSA) is 95.5 Å². The molecular formula is C24H23FN4O4. The van der Waals surface area contributed by atoms with Crippen molar-refractivity contribution in [1.29, 1.82) is 0 Å². The number of benzene rings is 2. The molecule has 9 heteroatoms. The number of para-hydroxylation sites is 1. The lowest BCUT2D eigenvalue weighted by atomic mass is 10.1. The van der Waals surface area contributed by atoms with Crippen LogP contribution in [0.4, 0.5) is 4.39 Å². The number of halogens is 1. The van der Waals surface area contributed by atoms with E-state index in [1.54, 1.807) is 29.2 Å². The summed E-state index contributed by atoms with van der Waals surface area (Å²) in [5.74, 6) is -0.787. The van der Waals surface area contributed by atoms with Crippen molar-refractivity contribution in [2.24, 2.45) is 5.92 Å². The largest absolute Gasteiger partial charge is 0.339 e. The summed E-state index contributed by atoms with van der Waals surface area (Å²) >= 11 is 0. The van der Waals surface area contributed by atoms with Gasteiger partial charge in [-0.3, -0.25) is 23.9 Å². The summed E-state index contributed by atoms with van der Waals surface area (Å²) in [6.45, 7) is 1.50. The number of aromatic amines is 1. The second-order valence-corrected chi connectivity index (χ2v) is 8.69. The van der Waals surface area contributed by atoms with Crippen LogP contribution in [0, 0.1) is 11.7 Å². The first-order chi connectivity index (χ1) is 15.9. The van der Waals surface area contributed by atoms with Crippen molar-refractivity contribution < 1.29 is 14.0 Å². The van der Waals surface area contributed by atoms with Crippen LogP contribution < -0.4 is 11.2 Å². The summed E-state index contributed by atoms with van der Waals surface area (Å²) in [5.41, 5.74) is -0.239. The van der Waals surface area contributed by atoms with Gasteiger partial charge in [-0.2, -0.15) is 0 Å². The van der Waals surface area contributed by atoms with Crippen LogP contribution in [0.2, 0.25) is 0 Å². The van der Waals surface area contributed by atoms with Crippen LogP contribution in [0.3, 0.4) is 0 Å². The van der Waals surface area contributed by atoms with E-state index < -0.39 is 23.0 Å². The summed E-state index contributed by atoms with van der Waals surface area (Å²) in [7, 11) is 0. The number of fused-ring (bicyclic) bond motifs is 1. The van der Waals surface area contributed by atoms with Crippen molar-refractivity contribution in [2.75, 3.05) is 26.2 Å². The summed E-state index contributed by atoms with van der Waals surface area (Å²) in [6, 6.07) is 10.8. The summed E-state index contributed by atoms with van der Waals surface area (Å²) < 4.78 is 16.0. The average Bonchev–Trinajstić information content (AvgIpc) is 3.63. The molecule has 1 aliphatic carbocycles. The van der Waals surface area contributed by atoms with Crippen molar-refractivity contribution in [3.05, 3.63) is 80.2 Å². The number of carbonyl (C=O) groups is 2. The molecule has 2 heterocycles. The quantitative estimate of drug-likeness (QED) is 0.638. The Bertz CT molecular complexity index is 1370. The van der Waals surface area contributed by atoms with Crippen LogP contribution >= 0.6 is 0 Å². The van der Waals surface area contributed by atoms with E-state index in [9.17, 15) is 23.6 Å². The summed E-state index contributed by atoms with van der Waals surface area (Å²) in [6.07, 6.45) is 2.27. The highest BCUT2D eigenvalue weighted by atomic mass is 19.1. The Kier molecular flexibility index (Phi) is 5.32. The Hall–Kier alpha value is -3.75. The van der Waals surface area contributed by atoms with Crippen LogP contribution in [0.25, 0.3) is 10.9 Å². The molecule has 3 aromatic rings. The minimum absolute atomic E-state index is 0.0464. The number of rotatable bonds is 5. The standard InChI is InChI=1S/C24H23FN4O4/c25-19-8-7-16(13-29-20-4-2-1-3-17(20)22(31)26-24(29)33)11-18(19)23(32)28-10-9-27(21(30)14-28)12-15-5-6-15/h1-4,7-8,11,15H,5-6,9-10,12-14H2,(H,26,31,33). The molecule has 8 nitrogen and oxygen atoms in total. The lowest BCUT2D eigenvalue weighted by Crippen LogP contribution is -2.52. The summed E-state index contributed by atoms with van der Waals surface area (Å²) in [5, 5.41) is 0.359. The molecule has 2 fully saturated rings. The maximum Gasteiger partial charge on any atom is 0.329 e. The zero-order chi connectivity index (χ0) is 23.1. The molecule has 2 aromatic carbocycles. The van der Waals surface area contributed by atoms with Crippen molar-refractivity contribution in [3.8, 4) is 0 Å². The van der Waals surface area contributed by atoms with Gasteiger partial charge in [0.15, 0.2) is 0 Å². The number of nitrogens with one attached hydrogen (secondary N) is 1. The van der Waals surface area contributed by atoms with Gasteiger partial charge in [-0.05, 0) is 48.6 Å². The minimum Gasteiger partial charge on any atom is -0.339 e. The lowest BCUT2D eigenvalue weighted by Gasteiger charge is -2.34. The molecule has 1 saturated heterocycles. The number of aromatic nitrogens is 2. The zero-order valence-electron chi connectivity index (χ0n) is 17.9. The molecule has 0 atom stereocenters. The Morgan fingerprint density at radius 3 is 2.61 bits per heavy atom. The smallest absolute Gasteiger partial charge is 0.329 e. The molecule has 5 rings (SSSR count). The van der Waals surface area contributed by atoms with Gasteiger partial charge in [0.2, 0.25) is 5.91 Å². The van der Waals surface area contributed by atoms with Gasteiger partial charge < -0.3 is 9.80 Å². The second kappa shape index (κ2) is 8.31. The Morgan fingerprint density at radius 2 is 1.85 bits per heavy atom. The highest BCUT2D eigenvalue weighted by Gasteiger charge is 2.32. The predicted octanol–water partition coefficient (Wildman–Crippen LogP) is 1.57. The van der Waals surface area contributed by atoms with Gasteiger partial charge in [-0.15, -0.1) is 0 Å². The fourth-order valence-electron chi connectivity index (χ4n) is 4.27. The zero-order valence-corrected chi connectivity index (χ0v) is 17.9. The molecule has 0 radical (unpaired) electrons. The number of hydrogen-bond donors (Lipinski definition) is 1. The molecule has 1 aromatic heterocycles. The first-order valence-corrected chi connectivity index (χ1v) is 11.0. The van der Waals surface area contributed by atoms with E-state index >= 15 is 0 Å². The molecule has 2 aliphatic rings. The van der Waals surface area contributed by atoms with Crippen LogP contribution in [0.1, 0.15) is 28.8 Å². The minimum atomic E-state index is -0.685. The number of carbonyl (C=O) groups excluding carboxylic acids is 2. The molecule has 1 saturated carbocycles. The second-order valence-electron chi connectivity index (χ2n) is 8.69. The van der Waals surface area contributed by atoms with Crippen molar-refractivity contribution in [2.45, 2.75) is 19.4 Å². The maximum atomic E-state index is 14.6. The predicted molar refractivity (Wildman–Crippen MR) is 120 cm³/mol. The average molecular weight is 450 g/mol. The normalized spacial score (nSPS) is 16.5. The van der Waals surface area contributed by atoms with Crippen LogP contribution in [-0.4, -0.2) is 57.3 Å². The third-order valence-corrected chi connectivity index (χ3v) is 6.29. The van der Waals surface area contributed by atoms with Gasteiger partial charge >= 0.3 is 5.69 Å². The third-order valence-electron chi connectivity index (χ3n) is 6.29. The van der Waals surface area contributed by atoms with Crippen LogP contribution in [-0.2, 0) is 11.3 Å². The molecule has 1 aliphatic heterocycles. The Balaban J connectivity index is 1.40. The van der Waals surface area contributed by atoms with Gasteiger partial charge in [0.1, 0.15) is 12.4 Å². The van der Waals surface area contributed by atoms with E-state index in [0.29, 0.717) is 35.5 Å².